The molecule has 78 valence electrons. The fourth-order valence-electron chi connectivity index (χ4n) is 2.49. The fourth-order valence-corrected chi connectivity index (χ4v) is 2.49. The molecule has 1 nitrogen and oxygen atoms in total. The highest BCUT2D eigenvalue weighted by Crippen LogP contribution is 2.43. The largest absolute Gasteiger partial charge is 0.198 e. The predicted octanol–water partition coefficient (Wildman–Crippen LogP) is 3.54. The molecule has 0 atom stereocenters. The lowest BCUT2D eigenvalue weighted by molar-refractivity contribution is 0.214. The molecule has 15 heavy (non-hydrogen) atoms. The molecular weight excluding hydrogens is 182 g/mol. The van der Waals surface area contributed by atoms with Crippen molar-refractivity contribution in [3.05, 3.63) is 34.9 Å². The summed E-state index contributed by atoms with van der Waals surface area (Å²) in [4.78, 5) is 0. The van der Waals surface area contributed by atoms with E-state index < -0.39 is 0 Å². The molecule has 0 aliphatic heterocycles. The maximum absolute atomic E-state index is 9.19. The van der Waals surface area contributed by atoms with E-state index in [0.717, 1.165) is 19.3 Å². The Morgan fingerprint density at radius 2 is 1.80 bits per heavy atom. The minimum atomic E-state index is -0.0414. The number of hydrogen-bond donors (Lipinski definition) is 0. The summed E-state index contributed by atoms with van der Waals surface area (Å²) in [6.07, 6.45) is 4.32. The van der Waals surface area contributed by atoms with Crippen LogP contribution in [0, 0.1) is 30.6 Å². The molecule has 1 heteroatoms. The first kappa shape index (κ1) is 10.2. The van der Waals surface area contributed by atoms with Crippen molar-refractivity contribution in [2.45, 2.75) is 39.5 Å². The molecule has 1 aromatic rings. The van der Waals surface area contributed by atoms with Crippen LogP contribution < -0.4 is 0 Å². The maximum Gasteiger partial charge on any atom is 0.0693 e. The molecular formula is C14H17N. The van der Waals surface area contributed by atoms with E-state index in [1.54, 1.807) is 0 Å². The van der Waals surface area contributed by atoms with Crippen molar-refractivity contribution in [2.75, 3.05) is 0 Å². The molecule has 2 rings (SSSR count). The van der Waals surface area contributed by atoms with E-state index in [-0.39, 0.29) is 5.41 Å². The van der Waals surface area contributed by atoms with Crippen LogP contribution >= 0.6 is 0 Å². The van der Waals surface area contributed by atoms with E-state index in [1.807, 2.05) is 0 Å². The highest BCUT2D eigenvalue weighted by Gasteiger charge is 2.37. The molecule has 0 saturated heterocycles. The van der Waals surface area contributed by atoms with Gasteiger partial charge in [0, 0.05) is 0 Å². The SMILES string of the molecule is Cc1cc(C)cc(CC2(C#N)CCC2)c1. The molecule has 1 saturated carbocycles. The average Bonchev–Trinajstić information content (AvgIpc) is 2.10. The van der Waals surface area contributed by atoms with Gasteiger partial charge in [0.15, 0.2) is 0 Å². The summed E-state index contributed by atoms with van der Waals surface area (Å²) >= 11 is 0. The lowest BCUT2D eigenvalue weighted by Crippen LogP contribution is -2.29. The van der Waals surface area contributed by atoms with Gasteiger partial charge in [-0.05, 0) is 38.7 Å². The van der Waals surface area contributed by atoms with Gasteiger partial charge in [0.1, 0.15) is 0 Å². The van der Waals surface area contributed by atoms with Gasteiger partial charge in [-0.3, -0.25) is 0 Å². The van der Waals surface area contributed by atoms with Crippen molar-refractivity contribution in [3.8, 4) is 6.07 Å². The summed E-state index contributed by atoms with van der Waals surface area (Å²) < 4.78 is 0. The summed E-state index contributed by atoms with van der Waals surface area (Å²) in [5, 5.41) is 9.19. The summed E-state index contributed by atoms with van der Waals surface area (Å²) in [6.45, 7) is 4.24. The smallest absolute Gasteiger partial charge is 0.0693 e. The normalized spacial score (nSPS) is 17.9. The lowest BCUT2D eigenvalue weighted by atomic mass is 9.66. The molecule has 0 N–H and O–H groups in total. The van der Waals surface area contributed by atoms with Gasteiger partial charge in [-0.2, -0.15) is 5.26 Å². The molecule has 0 aromatic heterocycles. The zero-order valence-corrected chi connectivity index (χ0v) is 9.51. The summed E-state index contributed by atoms with van der Waals surface area (Å²) in [5.74, 6) is 0. The maximum atomic E-state index is 9.19. The number of aryl methyl sites for hydroxylation is 2. The number of rotatable bonds is 2. The second-order valence-corrected chi connectivity index (χ2v) is 4.92. The van der Waals surface area contributed by atoms with Crippen LogP contribution in [0.1, 0.15) is 36.0 Å². The van der Waals surface area contributed by atoms with Gasteiger partial charge in [0.05, 0.1) is 11.5 Å². The van der Waals surface area contributed by atoms with E-state index >= 15 is 0 Å². The highest BCUT2D eigenvalue weighted by molar-refractivity contribution is 5.30. The first-order valence-corrected chi connectivity index (χ1v) is 5.62. The van der Waals surface area contributed by atoms with Crippen LogP contribution in [0.3, 0.4) is 0 Å². The van der Waals surface area contributed by atoms with Crippen LogP contribution in [0.2, 0.25) is 0 Å². The molecule has 0 spiro atoms. The van der Waals surface area contributed by atoms with Crippen LogP contribution in [0.5, 0.6) is 0 Å². The van der Waals surface area contributed by atoms with Crippen LogP contribution in [-0.2, 0) is 6.42 Å². The Bertz CT molecular complexity index is 388. The zero-order valence-electron chi connectivity index (χ0n) is 9.51. The molecule has 0 bridgehead atoms. The van der Waals surface area contributed by atoms with Crippen LogP contribution in [0.4, 0.5) is 0 Å². The summed E-state index contributed by atoms with van der Waals surface area (Å²) in [6, 6.07) is 9.11. The van der Waals surface area contributed by atoms with Gasteiger partial charge < -0.3 is 0 Å². The van der Waals surface area contributed by atoms with E-state index in [1.165, 1.54) is 23.1 Å². The first-order valence-electron chi connectivity index (χ1n) is 5.62. The number of hydrogen-bond acceptors (Lipinski definition) is 1. The van der Waals surface area contributed by atoms with Crippen molar-refractivity contribution >= 4 is 0 Å². The Morgan fingerprint density at radius 3 is 2.20 bits per heavy atom. The Balaban J connectivity index is 2.21. The molecule has 1 aromatic carbocycles. The van der Waals surface area contributed by atoms with Crippen molar-refractivity contribution in [1.82, 2.24) is 0 Å². The Kier molecular flexibility index (Phi) is 2.52. The van der Waals surface area contributed by atoms with E-state index in [9.17, 15) is 5.26 Å². The van der Waals surface area contributed by atoms with E-state index in [4.69, 9.17) is 0 Å². The van der Waals surface area contributed by atoms with Gasteiger partial charge >= 0.3 is 0 Å². The van der Waals surface area contributed by atoms with Gasteiger partial charge in [-0.25, -0.2) is 0 Å². The van der Waals surface area contributed by atoms with Gasteiger partial charge in [-0.1, -0.05) is 35.7 Å². The average molecular weight is 199 g/mol. The second-order valence-electron chi connectivity index (χ2n) is 4.92. The zero-order chi connectivity index (χ0) is 10.9. The second kappa shape index (κ2) is 3.70. The van der Waals surface area contributed by atoms with Crippen molar-refractivity contribution < 1.29 is 0 Å². The van der Waals surface area contributed by atoms with E-state index in [0.29, 0.717) is 0 Å². The quantitative estimate of drug-likeness (QED) is 0.714. The van der Waals surface area contributed by atoms with Crippen LogP contribution in [-0.4, -0.2) is 0 Å². The van der Waals surface area contributed by atoms with Gasteiger partial charge in [-0.15, -0.1) is 0 Å². The number of nitrogens with zero attached hydrogens (tertiary/aromatic N) is 1. The lowest BCUT2D eigenvalue weighted by Gasteiger charge is -2.35. The molecule has 0 unspecified atom stereocenters. The number of benzene rings is 1. The third-order valence-electron chi connectivity index (χ3n) is 3.37. The molecule has 1 fully saturated rings. The standard InChI is InChI=1S/C14H17N/c1-11-6-12(2)8-13(7-11)9-14(10-15)4-3-5-14/h6-8H,3-5,9H2,1-2H3. The molecule has 0 amide bonds. The Morgan fingerprint density at radius 1 is 1.20 bits per heavy atom. The van der Waals surface area contributed by atoms with Crippen molar-refractivity contribution in [3.63, 3.8) is 0 Å². The summed E-state index contributed by atoms with van der Waals surface area (Å²) in [7, 11) is 0. The number of nitriles is 1. The van der Waals surface area contributed by atoms with Crippen LogP contribution in [0.15, 0.2) is 18.2 Å². The topological polar surface area (TPSA) is 23.8 Å². The molecule has 0 radical (unpaired) electrons. The Hall–Kier alpha value is -1.29. The van der Waals surface area contributed by atoms with Gasteiger partial charge in [0.2, 0.25) is 0 Å². The summed E-state index contributed by atoms with van der Waals surface area (Å²) in [5.41, 5.74) is 3.89. The minimum Gasteiger partial charge on any atom is -0.198 e. The minimum absolute atomic E-state index is 0.0414. The monoisotopic (exact) mass is 199 g/mol. The van der Waals surface area contributed by atoms with E-state index in [2.05, 4.69) is 38.1 Å². The molecule has 0 heterocycles. The predicted molar refractivity (Wildman–Crippen MR) is 61.5 cm³/mol. The third kappa shape index (κ3) is 2.04. The Labute approximate surface area is 91.7 Å². The van der Waals surface area contributed by atoms with Crippen molar-refractivity contribution in [1.29, 1.82) is 5.26 Å². The highest BCUT2D eigenvalue weighted by atomic mass is 14.4. The van der Waals surface area contributed by atoms with Crippen molar-refractivity contribution in [2.24, 2.45) is 5.41 Å². The van der Waals surface area contributed by atoms with Gasteiger partial charge in [0.25, 0.3) is 0 Å². The third-order valence-corrected chi connectivity index (χ3v) is 3.37. The first-order chi connectivity index (χ1) is 7.13. The molecule has 1 aliphatic carbocycles. The fraction of sp³-hybridized carbons (Fsp3) is 0.500. The van der Waals surface area contributed by atoms with Crippen LogP contribution in [0.25, 0.3) is 0 Å². The molecule has 1 aliphatic rings.